The molecule has 0 aliphatic rings. The van der Waals surface area contributed by atoms with Crippen molar-refractivity contribution in [2.45, 2.75) is 13.3 Å². The van der Waals surface area contributed by atoms with Crippen LogP contribution in [-0.4, -0.2) is 18.4 Å². The van der Waals surface area contributed by atoms with Crippen molar-refractivity contribution in [3.05, 3.63) is 41.7 Å². The fourth-order valence-corrected chi connectivity index (χ4v) is 1.67. The van der Waals surface area contributed by atoms with Gasteiger partial charge in [0, 0.05) is 11.8 Å². The topological polar surface area (TPSA) is 35.5 Å². The highest BCUT2D eigenvalue weighted by molar-refractivity contribution is 9.09. The first kappa shape index (κ1) is 13.8. The van der Waals surface area contributed by atoms with Gasteiger partial charge in [-0.15, -0.1) is 0 Å². The fourth-order valence-electron chi connectivity index (χ4n) is 1.31. The predicted molar refractivity (Wildman–Crippen MR) is 70.2 cm³/mol. The molecular weight excluding hydrogens is 284 g/mol. The monoisotopic (exact) mass is 298 g/mol. The maximum atomic E-state index is 11.8. The molecule has 0 bridgehead atoms. The molecule has 0 atom stereocenters. The van der Waals surface area contributed by atoms with Gasteiger partial charge in [0.1, 0.15) is 11.5 Å². The lowest BCUT2D eigenvalue weighted by Crippen LogP contribution is -2.12. The number of benzene rings is 1. The summed E-state index contributed by atoms with van der Waals surface area (Å²) in [6, 6.07) is 8.98. The van der Waals surface area contributed by atoms with Gasteiger partial charge >= 0.3 is 5.97 Å². The van der Waals surface area contributed by atoms with Crippen LogP contribution in [0.15, 0.2) is 41.7 Å². The Morgan fingerprint density at radius 2 is 1.94 bits per heavy atom. The van der Waals surface area contributed by atoms with Gasteiger partial charge in [-0.3, -0.25) is 0 Å². The summed E-state index contributed by atoms with van der Waals surface area (Å²) in [4.78, 5) is 11.8. The van der Waals surface area contributed by atoms with Gasteiger partial charge in [0.2, 0.25) is 0 Å². The fraction of sp³-hybridized carbons (Fsp3) is 0.308. The van der Waals surface area contributed by atoms with Gasteiger partial charge in [-0.25, -0.2) is 4.79 Å². The number of allylic oxidation sites excluding steroid dienone is 1. The Morgan fingerprint density at radius 1 is 1.29 bits per heavy atom. The molecule has 0 aliphatic carbocycles. The molecule has 0 saturated carbocycles. The summed E-state index contributed by atoms with van der Waals surface area (Å²) < 4.78 is 10.4. The van der Waals surface area contributed by atoms with Crippen molar-refractivity contribution in [2.75, 3.05) is 12.4 Å². The molecule has 4 heteroatoms. The molecule has 17 heavy (non-hydrogen) atoms. The van der Waals surface area contributed by atoms with Crippen molar-refractivity contribution < 1.29 is 14.3 Å². The van der Waals surface area contributed by atoms with Crippen LogP contribution in [0, 0.1) is 0 Å². The van der Waals surface area contributed by atoms with E-state index in [4.69, 9.17) is 9.47 Å². The molecule has 0 unspecified atom stereocenters. The minimum Gasteiger partial charge on any atom is -0.501 e. The molecule has 0 aliphatic heterocycles. The number of hydrogen-bond acceptors (Lipinski definition) is 3. The van der Waals surface area contributed by atoms with Gasteiger partial charge in [-0.1, -0.05) is 34.1 Å². The Labute approximate surface area is 110 Å². The number of hydrogen-bond donors (Lipinski definition) is 0. The van der Waals surface area contributed by atoms with Gasteiger partial charge in [0.05, 0.1) is 12.7 Å². The SMILES string of the molecule is CO/C(CCBr)=C(/C)C(=O)Oc1ccccc1. The molecular formula is C13H15BrO3. The summed E-state index contributed by atoms with van der Waals surface area (Å²) in [6.07, 6.45) is 0.659. The second kappa shape index (κ2) is 7.12. The average Bonchev–Trinajstić information content (AvgIpc) is 2.36. The first-order valence-corrected chi connectivity index (χ1v) is 6.38. The molecule has 1 aromatic carbocycles. The Bertz CT molecular complexity index is 398. The third-order valence-electron chi connectivity index (χ3n) is 2.25. The van der Waals surface area contributed by atoms with Gasteiger partial charge < -0.3 is 9.47 Å². The van der Waals surface area contributed by atoms with Crippen molar-refractivity contribution in [3.63, 3.8) is 0 Å². The van der Waals surface area contributed by atoms with E-state index in [0.29, 0.717) is 23.5 Å². The summed E-state index contributed by atoms with van der Waals surface area (Å²) in [5.41, 5.74) is 0.496. The summed E-state index contributed by atoms with van der Waals surface area (Å²) in [6.45, 7) is 1.70. The number of carbonyl (C=O) groups is 1. The molecule has 0 saturated heterocycles. The predicted octanol–water partition coefficient (Wildman–Crippen LogP) is 3.30. The summed E-state index contributed by atoms with van der Waals surface area (Å²) in [5, 5.41) is 0.742. The van der Waals surface area contributed by atoms with Crippen LogP contribution in [0.5, 0.6) is 5.75 Å². The number of para-hydroxylation sites is 1. The summed E-state index contributed by atoms with van der Waals surface area (Å²) in [7, 11) is 1.55. The van der Waals surface area contributed by atoms with E-state index in [0.717, 1.165) is 5.33 Å². The van der Waals surface area contributed by atoms with Gasteiger partial charge in [-0.05, 0) is 19.1 Å². The van der Waals surface area contributed by atoms with Crippen LogP contribution in [0.3, 0.4) is 0 Å². The second-order valence-electron chi connectivity index (χ2n) is 3.39. The lowest BCUT2D eigenvalue weighted by atomic mass is 10.2. The lowest BCUT2D eigenvalue weighted by molar-refractivity contribution is -0.130. The third kappa shape index (κ3) is 4.23. The molecule has 0 radical (unpaired) electrons. The molecule has 0 N–H and O–H groups in total. The molecule has 0 heterocycles. The summed E-state index contributed by atoms with van der Waals surface area (Å²) in [5.74, 6) is 0.794. The summed E-state index contributed by atoms with van der Waals surface area (Å²) >= 11 is 3.31. The molecule has 0 fully saturated rings. The Hall–Kier alpha value is -1.29. The zero-order valence-corrected chi connectivity index (χ0v) is 11.5. The van der Waals surface area contributed by atoms with E-state index < -0.39 is 0 Å². The normalized spacial score (nSPS) is 11.7. The van der Waals surface area contributed by atoms with Crippen molar-refractivity contribution in [1.29, 1.82) is 0 Å². The highest BCUT2D eigenvalue weighted by Crippen LogP contribution is 2.15. The van der Waals surface area contributed by atoms with E-state index in [1.54, 1.807) is 26.2 Å². The minimum absolute atomic E-state index is 0.381. The first-order chi connectivity index (χ1) is 8.19. The van der Waals surface area contributed by atoms with Gasteiger partial charge in [-0.2, -0.15) is 0 Å². The van der Waals surface area contributed by atoms with Crippen LogP contribution in [0.2, 0.25) is 0 Å². The molecule has 0 aromatic heterocycles. The Morgan fingerprint density at radius 3 is 2.47 bits per heavy atom. The van der Waals surface area contributed by atoms with Crippen molar-refractivity contribution >= 4 is 21.9 Å². The van der Waals surface area contributed by atoms with E-state index in [1.165, 1.54) is 0 Å². The Kier molecular flexibility index (Phi) is 5.77. The van der Waals surface area contributed by atoms with Crippen LogP contribution >= 0.6 is 15.9 Å². The standard InChI is InChI=1S/C13H15BrO3/c1-10(12(16-2)8-9-14)13(15)17-11-6-4-3-5-7-11/h3-7H,8-9H2,1-2H3/b12-10-. The number of esters is 1. The number of alkyl halides is 1. The number of rotatable bonds is 5. The van der Waals surface area contributed by atoms with Crippen LogP contribution in [0.1, 0.15) is 13.3 Å². The van der Waals surface area contributed by atoms with E-state index in [-0.39, 0.29) is 5.97 Å². The van der Waals surface area contributed by atoms with Crippen molar-refractivity contribution in [3.8, 4) is 5.75 Å². The zero-order valence-electron chi connectivity index (χ0n) is 9.90. The highest BCUT2D eigenvalue weighted by atomic mass is 79.9. The van der Waals surface area contributed by atoms with Crippen LogP contribution in [0.25, 0.3) is 0 Å². The van der Waals surface area contributed by atoms with E-state index in [1.807, 2.05) is 18.2 Å². The average molecular weight is 299 g/mol. The first-order valence-electron chi connectivity index (χ1n) is 5.26. The number of carbonyl (C=O) groups excluding carboxylic acids is 1. The van der Waals surface area contributed by atoms with E-state index >= 15 is 0 Å². The molecule has 0 amide bonds. The van der Waals surface area contributed by atoms with E-state index in [9.17, 15) is 4.79 Å². The van der Waals surface area contributed by atoms with Crippen LogP contribution in [0.4, 0.5) is 0 Å². The van der Waals surface area contributed by atoms with Crippen LogP contribution < -0.4 is 4.74 Å². The zero-order chi connectivity index (χ0) is 12.7. The second-order valence-corrected chi connectivity index (χ2v) is 4.19. The largest absolute Gasteiger partial charge is 0.501 e. The minimum atomic E-state index is -0.381. The van der Waals surface area contributed by atoms with Crippen molar-refractivity contribution in [2.24, 2.45) is 0 Å². The highest BCUT2D eigenvalue weighted by Gasteiger charge is 2.13. The van der Waals surface area contributed by atoms with Gasteiger partial charge in [0.25, 0.3) is 0 Å². The maximum absolute atomic E-state index is 11.8. The molecule has 3 nitrogen and oxygen atoms in total. The van der Waals surface area contributed by atoms with E-state index in [2.05, 4.69) is 15.9 Å². The molecule has 1 rings (SSSR count). The lowest BCUT2D eigenvalue weighted by Gasteiger charge is -2.09. The molecule has 1 aromatic rings. The molecule has 92 valence electrons. The maximum Gasteiger partial charge on any atom is 0.342 e. The van der Waals surface area contributed by atoms with Crippen molar-refractivity contribution in [1.82, 2.24) is 0 Å². The smallest absolute Gasteiger partial charge is 0.342 e. The quantitative estimate of drug-likeness (QED) is 0.275. The Balaban J connectivity index is 2.76. The van der Waals surface area contributed by atoms with Gasteiger partial charge in [0.15, 0.2) is 0 Å². The number of halogens is 1. The third-order valence-corrected chi connectivity index (χ3v) is 2.64. The molecule has 0 spiro atoms. The van der Waals surface area contributed by atoms with Crippen LogP contribution in [-0.2, 0) is 9.53 Å². The number of ether oxygens (including phenoxy) is 2. The number of methoxy groups -OCH3 is 1.